The molecule has 4 nitrogen and oxygen atoms in total. The summed E-state index contributed by atoms with van der Waals surface area (Å²) in [5.74, 6) is -0.613. The van der Waals surface area contributed by atoms with Crippen LogP contribution in [-0.4, -0.2) is 11.5 Å². The monoisotopic (exact) mass is 273 g/mol. The second-order valence-corrected chi connectivity index (χ2v) is 3.99. The van der Waals surface area contributed by atoms with E-state index >= 15 is 0 Å². The van der Waals surface area contributed by atoms with Crippen LogP contribution >= 0.6 is 0 Å². The third kappa shape index (κ3) is 3.65. The van der Waals surface area contributed by atoms with E-state index in [1.165, 1.54) is 6.07 Å². The Bertz CT molecular complexity index is 626. The van der Waals surface area contributed by atoms with Crippen LogP contribution in [0.15, 0.2) is 54.6 Å². The first-order chi connectivity index (χ1) is 9.66. The molecule has 0 saturated heterocycles. The van der Waals surface area contributed by atoms with Gasteiger partial charge in [-0.3, -0.25) is 10.1 Å². The van der Waals surface area contributed by atoms with Gasteiger partial charge in [-0.1, -0.05) is 36.4 Å². The Hall–Kier alpha value is -2.69. The molecule has 0 aromatic heterocycles. The summed E-state index contributed by atoms with van der Waals surface area (Å²) >= 11 is 0. The molecule has 0 bridgehead atoms. The highest BCUT2D eigenvalue weighted by molar-refractivity contribution is 5.49. The molecule has 0 spiro atoms. The van der Waals surface area contributed by atoms with Crippen molar-refractivity contribution >= 4 is 11.8 Å². The largest absolute Gasteiger partial charge is 0.483 e. The predicted octanol–water partition coefficient (Wildman–Crippen LogP) is 3.83. The summed E-state index contributed by atoms with van der Waals surface area (Å²) in [6.07, 6.45) is 3.58. The minimum atomic E-state index is -0.667. The van der Waals surface area contributed by atoms with Crippen LogP contribution in [0.1, 0.15) is 5.56 Å². The van der Waals surface area contributed by atoms with Crippen LogP contribution in [0.25, 0.3) is 6.08 Å². The van der Waals surface area contributed by atoms with Crippen LogP contribution in [0.4, 0.5) is 10.1 Å². The number of hydrogen-bond acceptors (Lipinski definition) is 3. The van der Waals surface area contributed by atoms with Crippen molar-refractivity contribution in [3.8, 4) is 5.75 Å². The molecule has 0 aliphatic rings. The van der Waals surface area contributed by atoms with E-state index in [0.29, 0.717) is 0 Å². The molecule has 0 fully saturated rings. The van der Waals surface area contributed by atoms with Crippen LogP contribution in [0, 0.1) is 15.9 Å². The van der Waals surface area contributed by atoms with Gasteiger partial charge >= 0.3 is 5.69 Å². The lowest BCUT2D eigenvalue weighted by molar-refractivity contribution is -0.386. The fourth-order valence-electron chi connectivity index (χ4n) is 1.64. The Balaban J connectivity index is 2.01. The van der Waals surface area contributed by atoms with E-state index in [9.17, 15) is 14.5 Å². The summed E-state index contributed by atoms with van der Waals surface area (Å²) in [5, 5.41) is 10.8. The van der Waals surface area contributed by atoms with Gasteiger partial charge in [0.15, 0.2) is 5.75 Å². The van der Waals surface area contributed by atoms with Crippen molar-refractivity contribution in [3.05, 3.63) is 76.1 Å². The maximum absolute atomic E-state index is 12.9. The molecule has 0 radical (unpaired) electrons. The van der Waals surface area contributed by atoms with E-state index in [1.807, 2.05) is 36.4 Å². The molecule has 2 aromatic carbocycles. The summed E-state index contributed by atoms with van der Waals surface area (Å²) in [4.78, 5) is 10.1. The second-order valence-electron chi connectivity index (χ2n) is 3.99. The van der Waals surface area contributed by atoms with E-state index in [0.717, 1.165) is 17.7 Å². The molecule has 0 N–H and O–H groups in total. The van der Waals surface area contributed by atoms with Crippen molar-refractivity contribution < 1.29 is 14.1 Å². The first-order valence-corrected chi connectivity index (χ1v) is 5.95. The number of halogens is 1. The molecule has 0 aliphatic heterocycles. The van der Waals surface area contributed by atoms with Gasteiger partial charge in [0, 0.05) is 0 Å². The smallest absolute Gasteiger partial charge is 0.313 e. The van der Waals surface area contributed by atoms with Gasteiger partial charge in [-0.25, -0.2) is 4.39 Å². The van der Waals surface area contributed by atoms with Gasteiger partial charge in [0.1, 0.15) is 12.4 Å². The number of rotatable bonds is 5. The maximum Gasteiger partial charge on any atom is 0.313 e. The number of nitro groups is 1. The number of nitrogens with zero attached hydrogens (tertiary/aromatic N) is 1. The van der Waals surface area contributed by atoms with Gasteiger partial charge in [-0.05, 0) is 23.8 Å². The fraction of sp³-hybridized carbons (Fsp3) is 0.0667. The van der Waals surface area contributed by atoms with Crippen LogP contribution in [0.5, 0.6) is 5.75 Å². The molecule has 20 heavy (non-hydrogen) atoms. The van der Waals surface area contributed by atoms with Crippen molar-refractivity contribution in [2.45, 2.75) is 0 Å². The van der Waals surface area contributed by atoms with Gasteiger partial charge < -0.3 is 4.74 Å². The molecule has 0 unspecified atom stereocenters. The van der Waals surface area contributed by atoms with Crippen molar-refractivity contribution in [2.75, 3.05) is 6.61 Å². The van der Waals surface area contributed by atoms with E-state index in [-0.39, 0.29) is 18.0 Å². The third-order valence-electron chi connectivity index (χ3n) is 2.56. The highest BCUT2D eigenvalue weighted by Crippen LogP contribution is 2.27. The zero-order valence-corrected chi connectivity index (χ0v) is 10.5. The Morgan fingerprint density at radius 2 is 1.95 bits per heavy atom. The molecule has 5 heteroatoms. The summed E-state index contributed by atoms with van der Waals surface area (Å²) < 4.78 is 18.2. The SMILES string of the molecule is O=[N+]([O-])c1cc(F)ccc1OC/C=C\c1ccccc1. The Morgan fingerprint density at radius 1 is 1.20 bits per heavy atom. The van der Waals surface area contributed by atoms with Crippen molar-refractivity contribution in [1.82, 2.24) is 0 Å². The lowest BCUT2D eigenvalue weighted by Crippen LogP contribution is -1.98. The molecule has 102 valence electrons. The summed E-state index contributed by atoms with van der Waals surface area (Å²) in [6, 6.07) is 12.8. The van der Waals surface area contributed by atoms with Gasteiger partial charge in [-0.2, -0.15) is 0 Å². The highest BCUT2D eigenvalue weighted by Gasteiger charge is 2.15. The standard InChI is InChI=1S/C15H12FNO3/c16-13-8-9-15(14(11-13)17(18)19)20-10-4-7-12-5-2-1-3-6-12/h1-9,11H,10H2/b7-4-. The molecular formula is C15H12FNO3. The molecule has 0 atom stereocenters. The normalized spacial score (nSPS) is 10.7. The lowest BCUT2D eigenvalue weighted by atomic mass is 10.2. The zero-order chi connectivity index (χ0) is 14.4. The average molecular weight is 273 g/mol. The third-order valence-corrected chi connectivity index (χ3v) is 2.56. The van der Waals surface area contributed by atoms with Crippen LogP contribution in [0.2, 0.25) is 0 Å². The molecule has 0 saturated carbocycles. The van der Waals surface area contributed by atoms with Gasteiger partial charge in [0.05, 0.1) is 11.0 Å². The predicted molar refractivity (Wildman–Crippen MR) is 74.0 cm³/mol. The summed E-state index contributed by atoms with van der Waals surface area (Å²) in [6.45, 7) is 0.168. The molecule has 0 aliphatic carbocycles. The average Bonchev–Trinajstić information content (AvgIpc) is 2.45. The quantitative estimate of drug-likeness (QED) is 0.614. The maximum atomic E-state index is 12.9. The minimum Gasteiger partial charge on any atom is -0.483 e. The number of ether oxygens (including phenoxy) is 1. The molecule has 2 rings (SSSR count). The van der Waals surface area contributed by atoms with E-state index in [4.69, 9.17) is 4.74 Å². The van der Waals surface area contributed by atoms with Crippen LogP contribution in [-0.2, 0) is 0 Å². The van der Waals surface area contributed by atoms with Gasteiger partial charge in [0.25, 0.3) is 0 Å². The summed E-state index contributed by atoms with van der Waals surface area (Å²) in [7, 11) is 0. The lowest BCUT2D eigenvalue weighted by Gasteiger charge is -2.04. The van der Waals surface area contributed by atoms with Crippen LogP contribution in [0.3, 0.4) is 0 Å². The van der Waals surface area contributed by atoms with Crippen molar-refractivity contribution in [2.24, 2.45) is 0 Å². The zero-order valence-electron chi connectivity index (χ0n) is 10.5. The van der Waals surface area contributed by atoms with Gasteiger partial charge in [0.2, 0.25) is 0 Å². The first-order valence-electron chi connectivity index (χ1n) is 5.95. The Labute approximate surface area is 115 Å². The molecule has 2 aromatic rings. The van der Waals surface area contributed by atoms with E-state index < -0.39 is 10.7 Å². The molecule has 0 heterocycles. The number of benzene rings is 2. The Morgan fingerprint density at radius 3 is 2.65 bits per heavy atom. The molecule has 0 amide bonds. The molecular weight excluding hydrogens is 261 g/mol. The highest BCUT2D eigenvalue weighted by atomic mass is 19.1. The van der Waals surface area contributed by atoms with Crippen LogP contribution < -0.4 is 4.74 Å². The van der Waals surface area contributed by atoms with Gasteiger partial charge in [-0.15, -0.1) is 0 Å². The Kier molecular flexibility index (Phi) is 4.44. The fourth-order valence-corrected chi connectivity index (χ4v) is 1.64. The minimum absolute atomic E-state index is 0.0501. The first kappa shape index (κ1) is 13.7. The van der Waals surface area contributed by atoms with Crippen molar-refractivity contribution in [3.63, 3.8) is 0 Å². The van der Waals surface area contributed by atoms with Crippen molar-refractivity contribution in [1.29, 1.82) is 0 Å². The van der Waals surface area contributed by atoms with E-state index in [2.05, 4.69) is 0 Å². The number of hydrogen-bond donors (Lipinski definition) is 0. The second kappa shape index (κ2) is 6.47. The summed E-state index contributed by atoms with van der Waals surface area (Å²) in [5.41, 5.74) is 0.628. The topological polar surface area (TPSA) is 52.4 Å². The van der Waals surface area contributed by atoms with E-state index in [1.54, 1.807) is 6.08 Å². The number of nitro benzene ring substituents is 1.